The van der Waals surface area contributed by atoms with E-state index >= 15 is 0 Å². The summed E-state index contributed by atoms with van der Waals surface area (Å²) in [6.07, 6.45) is 3.38. The van der Waals surface area contributed by atoms with Crippen LogP contribution in [0.25, 0.3) is 0 Å². The Bertz CT molecular complexity index is 453. The van der Waals surface area contributed by atoms with E-state index in [1.165, 1.54) is 12.1 Å². The van der Waals surface area contributed by atoms with E-state index in [1.54, 1.807) is 23.0 Å². The Labute approximate surface area is 86.8 Å². The zero-order valence-electron chi connectivity index (χ0n) is 8.10. The van der Waals surface area contributed by atoms with Crippen LogP contribution in [-0.4, -0.2) is 14.7 Å². The topological polar surface area (TPSA) is 38.1 Å². The number of aliphatic hydroxyl groups is 1. The number of rotatable bonds is 3. The maximum Gasteiger partial charge on any atom is 0.134 e. The van der Waals surface area contributed by atoms with E-state index in [0.717, 1.165) is 5.56 Å². The summed E-state index contributed by atoms with van der Waals surface area (Å²) in [5.74, 6) is 0.331. The van der Waals surface area contributed by atoms with E-state index in [-0.39, 0.29) is 12.4 Å². The second kappa shape index (κ2) is 4.23. The highest BCUT2D eigenvalue weighted by Gasteiger charge is 2.02. The van der Waals surface area contributed by atoms with Gasteiger partial charge in [-0.1, -0.05) is 12.1 Å². The van der Waals surface area contributed by atoms with Crippen LogP contribution < -0.4 is 0 Å². The number of aromatic nitrogens is 2. The number of hydrogen-bond acceptors (Lipinski definition) is 2. The Balaban J connectivity index is 2.22. The molecule has 1 N–H and O–H groups in total. The van der Waals surface area contributed by atoms with Crippen molar-refractivity contribution in [2.24, 2.45) is 0 Å². The van der Waals surface area contributed by atoms with E-state index in [9.17, 15) is 4.39 Å². The molecule has 0 unspecified atom stereocenters. The zero-order chi connectivity index (χ0) is 10.7. The first kappa shape index (κ1) is 9.86. The monoisotopic (exact) mass is 206 g/mol. The number of aliphatic hydroxyl groups excluding tert-OH is 1. The molecule has 0 amide bonds. The molecule has 0 aliphatic carbocycles. The third-order valence-electron chi connectivity index (χ3n) is 2.19. The van der Waals surface area contributed by atoms with Gasteiger partial charge in [0.15, 0.2) is 0 Å². The molecule has 4 heteroatoms. The van der Waals surface area contributed by atoms with Gasteiger partial charge >= 0.3 is 0 Å². The standard InChI is InChI=1S/C11H11FN2O/c12-10-3-1-2-9(6-10)7-14-5-4-13-11(14)8-15/h1-6,15H,7-8H2. The molecule has 0 bridgehead atoms. The van der Waals surface area contributed by atoms with Crippen LogP contribution in [0.5, 0.6) is 0 Å². The highest BCUT2D eigenvalue weighted by molar-refractivity contribution is 5.17. The predicted molar refractivity (Wildman–Crippen MR) is 53.7 cm³/mol. The van der Waals surface area contributed by atoms with Crippen molar-refractivity contribution in [1.29, 1.82) is 0 Å². The van der Waals surface area contributed by atoms with Crippen LogP contribution in [0.15, 0.2) is 36.7 Å². The molecular formula is C11H11FN2O. The normalized spacial score (nSPS) is 10.5. The smallest absolute Gasteiger partial charge is 0.134 e. The number of nitrogens with zero attached hydrogens (tertiary/aromatic N) is 2. The fourth-order valence-electron chi connectivity index (χ4n) is 1.47. The van der Waals surface area contributed by atoms with Gasteiger partial charge in [0.1, 0.15) is 18.2 Å². The van der Waals surface area contributed by atoms with E-state index in [0.29, 0.717) is 12.4 Å². The van der Waals surface area contributed by atoms with Crippen molar-refractivity contribution < 1.29 is 9.50 Å². The Kier molecular flexibility index (Phi) is 2.78. The highest BCUT2D eigenvalue weighted by atomic mass is 19.1. The van der Waals surface area contributed by atoms with Crippen LogP contribution in [0.4, 0.5) is 4.39 Å². The minimum atomic E-state index is -0.252. The Hall–Kier alpha value is -1.68. The quantitative estimate of drug-likeness (QED) is 0.827. The second-order valence-electron chi connectivity index (χ2n) is 3.26. The maximum absolute atomic E-state index is 12.9. The Morgan fingerprint density at radius 2 is 2.27 bits per heavy atom. The van der Waals surface area contributed by atoms with Gasteiger partial charge in [-0.25, -0.2) is 9.37 Å². The SMILES string of the molecule is OCc1nccn1Cc1cccc(F)c1. The molecule has 0 aliphatic rings. The molecule has 2 aromatic rings. The predicted octanol–water partition coefficient (Wildman–Crippen LogP) is 1.56. The average Bonchev–Trinajstić information content (AvgIpc) is 2.65. The lowest BCUT2D eigenvalue weighted by Crippen LogP contribution is -2.04. The van der Waals surface area contributed by atoms with Crippen molar-refractivity contribution in [2.75, 3.05) is 0 Å². The molecule has 1 aromatic carbocycles. The molecule has 15 heavy (non-hydrogen) atoms. The Morgan fingerprint density at radius 3 is 3.00 bits per heavy atom. The van der Waals surface area contributed by atoms with Crippen molar-refractivity contribution in [3.8, 4) is 0 Å². The lowest BCUT2D eigenvalue weighted by molar-refractivity contribution is 0.266. The van der Waals surface area contributed by atoms with Crippen LogP contribution in [0.1, 0.15) is 11.4 Å². The van der Waals surface area contributed by atoms with Gasteiger partial charge < -0.3 is 9.67 Å². The van der Waals surface area contributed by atoms with Crippen molar-refractivity contribution in [3.05, 3.63) is 53.9 Å². The van der Waals surface area contributed by atoms with Gasteiger partial charge in [0.05, 0.1) is 0 Å². The summed E-state index contributed by atoms with van der Waals surface area (Å²) in [7, 11) is 0. The van der Waals surface area contributed by atoms with Gasteiger partial charge in [-0.3, -0.25) is 0 Å². The molecule has 78 valence electrons. The van der Waals surface area contributed by atoms with Crippen molar-refractivity contribution in [3.63, 3.8) is 0 Å². The molecule has 0 spiro atoms. The lowest BCUT2D eigenvalue weighted by atomic mass is 10.2. The number of halogens is 1. The summed E-state index contributed by atoms with van der Waals surface area (Å²) < 4.78 is 14.7. The van der Waals surface area contributed by atoms with Crippen LogP contribution in [0.2, 0.25) is 0 Å². The first-order chi connectivity index (χ1) is 7.29. The summed E-state index contributed by atoms with van der Waals surface area (Å²) in [5, 5.41) is 8.98. The van der Waals surface area contributed by atoms with Gasteiger partial charge in [0.25, 0.3) is 0 Å². The summed E-state index contributed by atoms with van der Waals surface area (Å²) >= 11 is 0. The number of benzene rings is 1. The van der Waals surface area contributed by atoms with Gasteiger partial charge in [-0.15, -0.1) is 0 Å². The van der Waals surface area contributed by atoms with Crippen molar-refractivity contribution >= 4 is 0 Å². The van der Waals surface area contributed by atoms with Gasteiger partial charge in [-0.2, -0.15) is 0 Å². The minimum absolute atomic E-state index is 0.109. The third-order valence-corrected chi connectivity index (χ3v) is 2.19. The molecule has 0 atom stereocenters. The van der Waals surface area contributed by atoms with E-state index in [1.807, 2.05) is 6.07 Å². The molecule has 3 nitrogen and oxygen atoms in total. The van der Waals surface area contributed by atoms with Crippen molar-refractivity contribution in [2.45, 2.75) is 13.2 Å². The van der Waals surface area contributed by atoms with Crippen molar-refractivity contribution in [1.82, 2.24) is 9.55 Å². The van der Waals surface area contributed by atoms with Crippen LogP contribution in [0.3, 0.4) is 0 Å². The summed E-state index contributed by atoms with van der Waals surface area (Å²) in [5.41, 5.74) is 0.850. The molecule has 0 saturated heterocycles. The number of hydrogen-bond donors (Lipinski definition) is 1. The number of imidazole rings is 1. The summed E-state index contributed by atoms with van der Waals surface area (Å²) in [4.78, 5) is 3.97. The fourth-order valence-corrected chi connectivity index (χ4v) is 1.47. The van der Waals surface area contributed by atoms with E-state index in [2.05, 4.69) is 4.98 Å². The van der Waals surface area contributed by atoms with Gasteiger partial charge in [0.2, 0.25) is 0 Å². The molecule has 0 radical (unpaired) electrons. The minimum Gasteiger partial charge on any atom is -0.388 e. The third kappa shape index (κ3) is 2.22. The van der Waals surface area contributed by atoms with Crippen LogP contribution in [0, 0.1) is 5.82 Å². The first-order valence-electron chi connectivity index (χ1n) is 4.65. The van der Waals surface area contributed by atoms with Gasteiger partial charge in [-0.05, 0) is 17.7 Å². The fraction of sp³-hybridized carbons (Fsp3) is 0.182. The molecule has 2 rings (SSSR count). The summed E-state index contributed by atoms with van der Waals surface area (Å²) in [6, 6.07) is 6.38. The molecule has 0 saturated carbocycles. The molecule has 1 aromatic heterocycles. The van der Waals surface area contributed by atoms with E-state index in [4.69, 9.17) is 5.11 Å². The lowest BCUT2D eigenvalue weighted by Gasteiger charge is -2.05. The second-order valence-corrected chi connectivity index (χ2v) is 3.26. The highest BCUT2D eigenvalue weighted by Crippen LogP contribution is 2.07. The largest absolute Gasteiger partial charge is 0.388 e. The summed E-state index contributed by atoms with van der Waals surface area (Å²) in [6.45, 7) is 0.413. The van der Waals surface area contributed by atoms with Crippen LogP contribution >= 0.6 is 0 Å². The maximum atomic E-state index is 12.9. The molecule has 0 fully saturated rings. The first-order valence-corrected chi connectivity index (χ1v) is 4.65. The zero-order valence-corrected chi connectivity index (χ0v) is 8.10. The molecule has 0 aliphatic heterocycles. The average molecular weight is 206 g/mol. The Morgan fingerprint density at radius 1 is 1.40 bits per heavy atom. The molecular weight excluding hydrogens is 195 g/mol. The molecule has 1 heterocycles. The van der Waals surface area contributed by atoms with Crippen LogP contribution in [-0.2, 0) is 13.2 Å². The van der Waals surface area contributed by atoms with E-state index < -0.39 is 0 Å². The van der Waals surface area contributed by atoms with Gasteiger partial charge in [0, 0.05) is 18.9 Å².